The molecule has 13 heteroatoms. The van der Waals surface area contributed by atoms with Crippen molar-refractivity contribution in [3.63, 3.8) is 0 Å². The van der Waals surface area contributed by atoms with Crippen LogP contribution in [0.1, 0.15) is 17.7 Å². The molecule has 5 heterocycles. The molecule has 0 fully saturated rings. The van der Waals surface area contributed by atoms with E-state index in [1.807, 2.05) is 41.1 Å². The summed E-state index contributed by atoms with van der Waals surface area (Å²) < 4.78 is 70.4. The zero-order valence-corrected chi connectivity index (χ0v) is 20.6. The van der Waals surface area contributed by atoms with Gasteiger partial charge in [0.05, 0.1) is 29.4 Å². The summed E-state index contributed by atoms with van der Waals surface area (Å²) in [4.78, 5) is 4.81. The van der Waals surface area contributed by atoms with Crippen molar-refractivity contribution in [3.8, 4) is 45.5 Å². The molecule has 3 aromatic rings. The van der Waals surface area contributed by atoms with Gasteiger partial charge in [-0.25, -0.2) is 18.4 Å². The first kappa shape index (κ1) is 24.9. The third-order valence-electron chi connectivity index (χ3n) is 6.44. The highest BCUT2D eigenvalue weighted by Crippen LogP contribution is 2.49. The van der Waals surface area contributed by atoms with Crippen LogP contribution in [0.15, 0.2) is 54.9 Å². The van der Waals surface area contributed by atoms with Crippen LogP contribution in [0.4, 0.5) is 17.6 Å². The molecule has 202 valence electrons. The average Bonchev–Trinajstić information content (AvgIpc) is 3.56. The van der Waals surface area contributed by atoms with Gasteiger partial charge >= 0.3 is 6.61 Å². The lowest BCUT2D eigenvalue weighted by Crippen LogP contribution is -2.37. The average molecular weight is 542 g/mol. The molecule has 9 nitrogen and oxygen atoms in total. The van der Waals surface area contributed by atoms with E-state index in [1.165, 1.54) is 15.6 Å². The largest absolute Gasteiger partial charge is 0.476 e. The molecule has 3 aliphatic rings. The minimum Gasteiger partial charge on any atom is -0.476 e. The van der Waals surface area contributed by atoms with Crippen molar-refractivity contribution in [2.24, 2.45) is 12.8 Å². The van der Waals surface area contributed by atoms with Crippen molar-refractivity contribution in [2.75, 3.05) is 6.61 Å². The Morgan fingerprint density at radius 3 is 2.59 bits per heavy atom. The normalized spacial score (nSPS) is 15.2. The summed E-state index contributed by atoms with van der Waals surface area (Å²) in [7, 11) is 1.55. The van der Waals surface area contributed by atoms with Crippen LogP contribution in [-0.2, 0) is 20.1 Å². The maximum atomic E-state index is 14.4. The molecule has 0 aliphatic carbocycles. The van der Waals surface area contributed by atoms with Gasteiger partial charge in [-0.05, 0) is 17.7 Å². The Morgan fingerprint density at radius 1 is 1.05 bits per heavy atom. The molecule has 39 heavy (non-hydrogen) atoms. The summed E-state index contributed by atoms with van der Waals surface area (Å²) in [5, 5.41) is 8.14. The number of rotatable bonds is 7. The Balaban J connectivity index is 1.63. The van der Waals surface area contributed by atoms with Crippen LogP contribution in [0.5, 0.6) is 11.8 Å². The van der Waals surface area contributed by atoms with Gasteiger partial charge in [0.1, 0.15) is 18.1 Å². The van der Waals surface area contributed by atoms with Crippen molar-refractivity contribution in [2.45, 2.75) is 32.2 Å². The number of aromatic nitrogens is 6. The predicted molar refractivity (Wildman–Crippen MR) is 133 cm³/mol. The lowest BCUT2D eigenvalue weighted by molar-refractivity contribution is -0.0527. The van der Waals surface area contributed by atoms with Crippen molar-refractivity contribution in [1.29, 1.82) is 0 Å². The van der Waals surface area contributed by atoms with Crippen molar-refractivity contribution in [3.05, 3.63) is 66.1 Å². The lowest BCUT2D eigenvalue weighted by Gasteiger charge is -2.21. The van der Waals surface area contributed by atoms with Crippen molar-refractivity contribution in [1.82, 2.24) is 29.1 Å². The number of ether oxygens (including phenoxy) is 2. The number of benzene rings is 1. The Hall–Kier alpha value is -4.39. The Bertz CT molecular complexity index is 1600. The maximum Gasteiger partial charge on any atom is 0.388 e. The fraction of sp³-hybridized carbons (Fsp3) is 0.269. The summed E-state index contributed by atoms with van der Waals surface area (Å²) in [6, 6.07) is 12.7. The van der Waals surface area contributed by atoms with Gasteiger partial charge in [0.2, 0.25) is 11.8 Å². The third kappa shape index (κ3) is 4.48. The van der Waals surface area contributed by atoms with E-state index in [2.05, 4.69) is 10.2 Å². The van der Waals surface area contributed by atoms with Gasteiger partial charge in [0.25, 0.3) is 6.43 Å². The van der Waals surface area contributed by atoms with Crippen LogP contribution in [0, 0.1) is 0 Å². The molecular formula is C26H23F4N7O2. The van der Waals surface area contributed by atoms with Gasteiger partial charge in [-0.1, -0.05) is 30.3 Å². The van der Waals surface area contributed by atoms with Crippen molar-refractivity contribution < 1.29 is 27.0 Å². The number of hydrogen-bond acceptors (Lipinski definition) is 6. The second-order valence-corrected chi connectivity index (χ2v) is 9.21. The lowest BCUT2D eigenvalue weighted by atomic mass is 9.98. The number of alkyl halides is 4. The molecule has 6 rings (SSSR count). The zero-order chi connectivity index (χ0) is 27.3. The summed E-state index contributed by atoms with van der Waals surface area (Å²) in [6.07, 6.45) is 0.334. The van der Waals surface area contributed by atoms with Crippen molar-refractivity contribution >= 4 is 0 Å². The van der Waals surface area contributed by atoms with Gasteiger partial charge in [0.15, 0.2) is 0 Å². The molecule has 3 aliphatic heterocycles. The quantitative estimate of drug-likeness (QED) is 0.304. The van der Waals surface area contributed by atoms with E-state index in [9.17, 15) is 17.6 Å². The summed E-state index contributed by atoms with van der Waals surface area (Å²) in [5.74, 6) is 0.181. The molecule has 2 N–H and O–H groups in total. The fourth-order valence-corrected chi connectivity index (χ4v) is 4.89. The molecule has 0 amide bonds. The van der Waals surface area contributed by atoms with E-state index >= 15 is 0 Å². The first-order valence-electron chi connectivity index (χ1n) is 12.1. The predicted octanol–water partition coefficient (Wildman–Crippen LogP) is 4.56. The molecule has 1 atom stereocenters. The Labute approximate surface area is 219 Å². The number of hydrogen-bond donors (Lipinski definition) is 1. The highest BCUT2D eigenvalue weighted by atomic mass is 19.3. The minimum atomic E-state index is -3.15. The Kier molecular flexibility index (Phi) is 6.22. The number of aryl methyl sites for hydroxylation is 1. The van der Waals surface area contributed by atoms with E-state index < -0.39 is 24.8 Å². The number of nitrogens with two attached hydrogens (primary N) is 1. The second-order valence-electron chi connectivity index (χ2n) is 9.21. The first-order chi connectivity index (χ1) is 18.8. The van der Waals surface area contributed by atoms with Crippen LogP contribution in [0.2, 0.25) is 0 Å². The van der Waals surface area contributed by atoms with Gasteiger partial charge in [0, 0.05) is 37.1 Å². The summed E-state index contributed by atoms with van der Waals surface area (Å²) in [5.41, 5.74) is 7.48. The number of fused-ring (bicyclic) bond motifs is 2. The number of halogens is 4. The molecular weight excluding hydrogens is 518 g/mol. The molecule has 0 radical (unpaired) electrons. The SMILES string of the molecule is Cn1cc(-c2c3cccn(Cc4ccccc4)c-3nc2-c2c(C(F)F)nn3c2OC[C@@H](N)C3)c(OC(F)F)n1. The molecule has 0 unspecified atom stereocenters. The van der Waals surface area contributed by atoms with E-state index in [1.54, 1.807) is 19.2 Å². The Morgan fingerprint density at radius 2 is 1.85 bits per heavy atom. The van der Waals surface area contributed by atoms with Gasteiger partial charge in [-0.15, -0.1) is 5.10 Å². The third-order valence-corrected chi connectivity index (χ3v) is 6.44. The van der Waals surface area contributed by atoms with Crippen LogP contribution in [-0.4, -0.2) is 48.4 Å². The van der Waals surface area contributed by atoms with E-state index in [4.69, 9.17) is 20.2 Å². The van der Waals surface area contributed by atoms with E-state index in [0.29, 0.717) is 23.5 Å². The molecule has 0 saturated carbocycles. The van der Waals surface area contributed by atoms with Crippen LogP contribution in [0.3, 0.4) is 0 Å². The van der Waals surface area contributed by atoms with Crippen LogP contribution < -0.4 is 15.2 Å². The number of nitrogens with zero attached hydrogens (tertiary/aromatic N) is 6. The highest BCUT2D eigenvalue weighted by molar-refractivity contribution is 5.97. The van der Waals surface area contributed by atoms with E-state index in [-0.39, 0.29) is 41.7 Å². The van der Waals surface area contributed by atoms with Gasteiger partial charge in [-0.3, -0.25) is 4.68 Å². The first-order valence-corrected chi connectivity index (χ1v) is 12.1. The van der Waals surface area contributed by atoms with Gasteiger partial charge < -0.3 is 19.8 Å². The molecule has 2 aromatic heterocycles. The second kappa shape index (κ2) is 9.73. The number of pyridine rings is 1. The standard InChI is InChI=1S/C26H23F4N7O2/c1-35-12-17(24(34-35)39-26(29)30)18-16-8-5-9-36(10-14-6-3-2-4-7-14)23(16)32-20(18)19-21(22(27)28)33-37-11-15(31)13-38-25(19)37/h2-9,12,15,22,26H,10-11,13,31H2,1H3/t15-/m0/s1. The molecule has 0 spiro atoms. The topological polar surface area (TPSA) is 97.9 Å². The van der Waals surface area contributed by atoms with Crippen LogP contribution >= 0.6 is 0 Å². The summed E-state index contributed by atoms with van der Waals surface area (Å²) >= 11 is 0. The van der Waals surface area contributed by atoms with Gasteiger partial charge in [-0.2, -0.15) is 13.9 Å². The zero-order valence-electron chi connectivity index (χ0n) is 20.6. The molecule has 1 aromatic carbocycles. The monoisotopic (exact) mass is 541 g/mol. The molecule has 0 saturated heterocycles. The minimum absolute atomic E-state index is 0.0267. The summed E-state index contributed by atoms with van der Waals surface area (Å²) in [6.45, 7) is -2.45. The molecule has 0 bridgehead atoms. The van der Waals surface area contributed by atoms with E-state index in [0.717, 1.165) is 5.56 Å². The smallest absolute Gasteiger partial charge is 0.388 e. The van der Waals surface area contributed by atoms with Crippen LogP contribution in [0.25, 0.3) is 33.8 Å². The fourth-order valence-electron chi connectivity index (χ4n) is 4.89. The maximum absolute atomic E-state index is 14.4. The highest BCUT2D eigenvalue weighted by Gasteiger charge is 2.36.